The van der Waals surface area contributed by atoms with Gasteiger partial charge in [0.2, 0.25) is 0 Å². The van der Waals surface area contributed by atoms with Gasteiger partial charge in [-0.05, 0) is 53.2 Å². The number of hydrogen-bond acceptors (Lipinski definition) is 3. The zero-order chi connectivity index (χ0) is 14.1. The molecule has 1 aromatic heterocycles. The first-order valence-electron chi connectivity index (χ1n) is 6.20. The van der Waals surface area contributed by atoms with Crippen LogP contribution in [0.4, 0.5) is 10.1 Å². The van der Waals surface area contributed by atoms with E-state index in [1.165, 1.54) is 16.8 Å². The van der Waals surface area contributed by atoms with E-state index in [9.17, 15) is 4.39 Å². The van der Waals surface area contributed by atoms with Crippen molar-refractivity contribution in [2.45, 2.75) is 13.0 Å². The molecule has 0 spiro atoms. The van der Waals surface area contributed by atoms with Crippen molar-refractivity contribution < 1.29 is 4.39 Å². The van der Waals surface area contributed by atoms with E-state index in [0.717, 1.165) is 16.2 Å². The van der Waals surface area contributed by atoms with Gasteiger partial charge in [-0.1, -0.05) is 12.1 Å². The largest absolute Gasteiger partial charge is 0.375 e. The fraction of sp³-hybridized carbons (Fsp3) is 0.133. The molecule has 0 bridgehead atoms. The Balaban J connectivity index is 1.86. The predicted molar refractivity (Wildman–Crippen MR) is 85.8 cm³/mol. The maximum absolute atomic E-state index is 13.1. The molecule has 1 atom stereocenters. The van der Waals surface area contributed by atoms with E-state index in [0.29, 0.717) is 4.47 Å². The summed E-state index contributed by atoms with van der Waals surface area (Å²) in [6, 6.07) is 12.8. The van der Waals surface area contributed by atoms with E-state index in [-0.39, 0.29) is 11.9 Å². The van der Waals surface area contributed by atoms with Crippen molar-refractivity contribution in [1.82, 2.24) is 4.98 Å². The highest BCUT2D eigenvalue weighted by molar-refractivity contribution is 9.10. The number of nitrogens with zero attached hydrogens (tertiary/aromatic N) is 1. The molecule has 0 saturated heterocycles. The standard InChI is InChI=1S/C15H12BrFN2S/c1-9(18-12-7-6-10(17)8-11(12)16)15-19-13-4-2-3-5-14(13)20-15/h2-9,18H,1H3. The fourth-order valence-electron chi connectivity index (χ4n) is 1.98. The number of halogens is 2. The van der Waals surface area contributed by atoms with Crippen molar-refractivity contribution in [3.8, 4) is 0 Å². The van der Waals surface area contributed by atoms with Crippen molar-refractivity contribution in [3.63, 3.8) is 0 Å². The minimum Gasteiger partial charge on any atom is -0.375 e. The molecule has 0 aliphatic rings. The summed E-state index contributed by atoms with van der Waals surface area (Å²) in [6.07, 6.45) is 0. The van der Waals surface area contributed by atoms with Crippen LogP contribution in [0.3, 0.4) is 0 Å². The Morgan fingerprint density at radius 3 is 2.80 bits per heavy atom. The summed E-state index contributed by atoms with van der Waals surface area (Å²) in [5, 5.41) is 4.37. The third-order valence-corrected chi connectivity index (χ3v) is 4.86. The van der Waals surface area contributed by atoms with Crippen molar-refractivity contribution in [3.05, 3.63) is 57.8 Å². The van der Waals surface area contributed by atoms with Crippen molar-refractivity contribution in [2.24, 2.45) is 0 Å². The van der Waals surface area contributed by atoms with Crippen LogP contribution in [0.5, 0.6) is 0 Å². The van der Waals surface area contributed by atoms with Crippen LogP contribution >= 0.6 is 27.3 Å². The third kappa shape index (κ3) is 2.69. The van der Waals surface area contributed by atoms with Gasteiger partial charge in [0, 0.05) is 10.2 Å². The number of benzene rings is 2. The van der Waals surface area contributed by atoms with Gasteiger partial charge in [-0.3, -0.25) is 0 Å². The minimum atomic E-state index is -0.255. The number of para-hydroxylation sites is 1. The number of hydrogen-bond donors (Lipinski definition) is 1. The first kappa shape index (κ1) is 13.5. The van der Waals surface area contributed by atoms with Gasteiger partial charge in [-0.2, -0.15) is 0 Å². The molecule has 0 amide bonds. The molecule has 0 aliphatic heterocycles. The maximum atomic E-state index is 13.1. The Morgan fingerprint density at radius 1 is 1.25 bits per heavy atom. The smallest absolute Gasteiger partial charge is 0.124 e. The molecule has 2 aromatic carbocycles. The number of fused-ring (bicyclic) bond motifs is 1. The van der Waals surface area contributed by atoms with Gasteiger partial charge >= 0.3 is 0 Å². The number of anilines is 1. The quantitative estimate of drug-likeness (QED) is 0.686. The maximum Gasteiger partial charge on any atom is 0.124 e. The zero-order valence-corrected chi connectivity index (χ0v) is 13.1. The van der Waals surface area contributed by atoms with Gasteiger partial charge < -0.3 is 5.32 Å². The molecule has 1 N–H and O–H groups in total. The van der Waals surface area contributed by atoms with Crippen LogP contribution in [-0.2, 0) is 0 Å². The molecule has 102 valence electrons. The lowest BCUT2D eigenvalue weighted by atomic mass is 10.2. The molecule has 2 nitrogen and oxygen atoms in total. The van der Waals surface area contributed by atoms with Crippen LogP contribution in [0.1, 0.15) is 18.0 Å². The summed E-state index contributed by atoms with van der Waals surface area (Å²) in [5.41, 5.74) is 1.87. The normalized spacial score (nSPS) is 12.6. The summed E-state index contributed by atoms with van der Waals surface area (Å²) in [6.45, 7) is 2.05. The lowest BCUT2D eigenvalue weighted by Gasteiger charge is -2.14. The van der Waals surface area contributed by atoms with Crippen LogP contribution in [0.15, 0.2) is 46.9 Å². The molecular weight excluding hydrogens is 339 g/mol. The Hall–Kier alpha value is -1.46. The average Bonchev–Trinajstić information content (AvgIpc) is 2.86. The van der Waals surface area contributed by atoms with Crippen LogP contribution in [0, 0.1) is 5.82 Å². The predicted octanol–water partition coefficient (Wildman–Crippen LogP) is 5.37. The SMILES string of the molecule is CC(Nc1ccc(F)cc1Br)c1nc2ccccc2s1. The number of nitrogens with one attached hydrogen (secondary N) is 1. The highest BCUT2D eigenvalue weighted by atomic mass is 79.9. The van der Waals surface area contributed by atoms with E-state index >= 15 is 0 Å². The molecule has 20 heavy (non-hydrogen) atoms. The van der Waals surface area contributed by atoms with E-state index in [1.54, 1.807) is 17.4 Å². The number of rotatable bonds is 3. The van der Waals surface area contributed by atoms with E-state index in [4.69, 9.17) is 0 Å². The monoisotopic (exact) mass is 350 g/mol. The van der Waals surface area contributed by atoms with Gasteiger partial charge in [0.05, 0.1) is 16.3 Å². The molecule has 0 radical (unpaired) electrons. The Morgan fingerprint density at radius 2 is 2.05 bits per heavy atom. The van der Waals surface area contributed by atoms with E-state index in [1.807, 2.05) is 25.1 Å². The summed E-state index contributed by atoms with van der Waals surface area (Å²) in [7, 11) is 0. The van der Waals surface area contributed by atoms with Gasteiger partial charge in [0.1, 0.15) is 10.8 Å². The molecule has 1 unspecified atom stereocenters. The first-order valence-corrected chi connectivity index (χ1v) is 7.81. The van der Waals surface area contributed by atoms with Gasteiger partial charge in [0.15, 0.2) is 0 Å². The second-order valence-electron chi connectivity index (χ2n) is 4.51. The van der Waals surface area contributed by atoms with Crippen molar-refractivity contribution in [1.29, 1.82) is 0 Å². The topological polar surface area (TPSA) is 24.9 Å². The number of thiazole rings is 1. The second-order valence-corrected chi connectivity index (χ2v) is 6.43. The fourth-order valence-corrected chi connectivity index (χ4v) is 3.41. The second kappa shape index (κ2) is 5.50. The van der Waals surface area contributed by atoms with Crippen LogP contribution < -0.4 is 5.32 Å². The highest BCUT2D eigenvalue weighted by Crippen LogP contribution is 2.31. The molecule has 3 rings (SSSR count). The number of aromatic nitrogens is 1. The third-order valence-electron chi connectivity index (χ3n) is 2.98. The summed E-state index contributed by atoms with van der Waals surface area (Å²) in [4.78, 5) is 4.62. The molecule has 5 heteroatoms. The molecular formula is C15H12BrFN2S. The van der Waals surface area contributed by atoms with Gasteiger partial charge in [0.25, 0.3) is 0 Å². The lowest BCUT2D eigenvalue weighted by molar-refractivity contribution is 0.627. The Labute approximate surface area is 128 Å². The summed E-state index contributed by atoms with van der Waals surface area (Å²) in [5.74, 6) is -0.255. The Bertz CT molecular complexity index is 723. The molecule has 0 aliphatic carbocycles. The van der Waals surface area contributed by atoms with Gasteiger partial charge in [-0.15, -0.1) is 11.3 Å². The molecule has 0 saturated carbocycles. The summed E-state index contributed by atoms with van der Waals surface area (Å²) >= 11 is 5.03. The van der Waals surface area contributed by atoms with Crippen molar-refractivity contribution in [2.75, 3.05) is 5.32 Å². The van der Waals surface area contributed by atoms with E-state index < -0.39 is 0 Å². The molecule has 3 aromatic rings. The van der Waals surface area contributed by atoms with Crippen LogP contribution in [0.25, 0.3) is 10.2 Å². The minimum absolute atomic E-state index is 0.0640. The van der Waals surface area contributed by atoms with Gasteiger partial charge in [-0.25, -0.2) is 9.37 Å². The Kier molecular flexibility index (Phi) is 3.72. The lowest BCUT2D eigenvalue weighted by Crippen LogP contribution is -2.06. The molecule has 0 fully saturated rings. The summed E-state index contributed by atoms with van der Waals surface area (Å²) < 4.78 is 15.0. The zero-order valence-electron chi connectivity index (χ0n) is 10.7. The average molecular weight is 351 g/mol. The molecule has 1 heterocycles. The van der Waals surface area contributed by atoms with Crippen LogP contribution in [0.2, 0.25) is 0 Å². The van der Waals surface area contributed by atoms with Crippen molar-refractivity contribution >= 4 is 43.2 Å². The first-order chi connectivity index (χ1) is 9.63. The highest BCUT2D eigenvalue weighted by Gasteiger charge is 2.12. The van der Waals surface area contributed by atoms with Crippen LogP contribution in [-0.4, -0.2) is 4.98 Å². The van der Waals surface area contributed by atoms with E-state index in [2.05, 4.69) is 32.3 Å².